The molecule has 1 saturated heterocycles. The first-order chi connectivity index (χ1) is 6.83. The first-order valence-electron chi connectivity index (χ1n) is 4.69. The van der Waals surface area contributed by atoms with Gasteiger partial charge in [-0.15, -0.1) is 11.6 Å². The lowest BCUT2D eigenvalue weighted by Crippen LogP contribution is -2.33. The Kier molecular flexibility index (Phi) is 5.40. The Morgan fingerprint density at radius 1 is 1.50 bits per heavy atom. The highest BCUT2D eigenvalue weighted by Gasteiger charge is 2.05. The zero-order chi connectivity index (χ0) is 10.2. The minimum absolute atomic E-state index is 0.204. The van der Waals surface area contributed by atoms with E-state index in [1.54, 1.807) is 6.20 Å². The van der Waals surface area contributed by atoms with Crippen LogP contribution in [0, 0.1) is 0 Å². The van der Waals surface area contributed by atoms with Gasteiger partial charge in [-0.2, -0.15) is 0 Å². The van der Waals surface area contributed by atoms with Gasteiger partial charge in [0.05, 0.1) is 13.2 Å². The topological polar surface area (TPSA) is 50.4 Å². The van der Waals surface area contributed by atoms with Gasteiger partial charge in [0.25, 0.3) is 0 Å². The van der Waals surface area contributed by atoms with Crippen molar-refractivity contribution in [3.05, 3.63) is 11.8 Å². The molecule has 0 radical (unpaired) electrons. The number of carbonyl (C=O) groups is 1. The van der Waals surface area contributed by atoms with E-state index in [2.05, 4.69) is 10.6 Å². The van der Waals surface area contributed by atoms with Gasteiger partial charge in [-0.05, 0) is 18.4 Å². The highest BCUT2D eigenvalue weighted by molar-refractivity contribution is 6.18. The molecule has 1 rings (SSSR count). The van der Waals surface area contributed by atoms with Crippen molar-refractivity contribution < 1.29 is 9.53 Å². The number of hydrogen-bond acceptors (Lipinski definition) is 2. The number of alkyl halides is 1. The molecule has 0 spiro atoms. The number of ether oxygens (including phenoxy) is 1. The van der Waals surface area contributed by atoms with E-state index in [4.69, 9.17) is 16.3 Å². The summed E-state index contributed by atoms with van der Waals surface area (Å²) in [7, 11) is 0. The SMILES string of the molecule is O=C(NC=C1CCOCC1)NCCCl. The first kappa shape index (κ1) is 11.3. The Morgan fingerprint density at radius 2 is 2.21 bits per heavy atom. The predicted octanol–water partition coefficient (Wildman–Crippen LogP) is 1.22. The number of nitrogens with one attached hydrogen (secondary N) is 2. The third-order valence-corrected chi connectivity index (χ3v) is 2.11. The minimum atomic E-state index is -0.204. The summed E-state index contributed by atoms with van der Waals surface area (Å²) in [6.45, 7) is 1.98. The number of urea groups is 1. The van der Waals surface area contributed by atoms with E-state index in [1.807, 2.05) is 0 Å². The maximum atomic E-state index is 11.1. The van der Waals surface area contributed by atoms with Gasteiger partial charge in [0.15, 0.2) is 0 Å². The van der Waals surface area contributed by atoms with Crippen LogP contribution in [0.4, 0.5) is 4.79 Å². The normalized spacial score (nSPS) is 16.2. The third-order valence-electron chi connectivity index (χ3n) is 1.92. The molecule has 0 unspecified atom stereocenters. The zero-order valence-corrected chi connectivity index (χ0v) is 8.77. The molecule has 0 saturated carbocycles. The van der Waals surface area contributed by atoms with Crippen LogP contribution >= 0.6 is 11.6 Å². The Hall–Kier alpha value is -0.740. The monoisotopic (exact) mass is 218 g/mol. The lowest BCUT2D eigenvalue weighted by Gasteiger charge is -2.14. The summed E-state index contributed by atoms with van der Waals surface area (Å²) in [4.78, 5) is 11.1. The van der Waals surface area contributed by atoms with E-state index in [0.29, 0.717) is 12.4 Å². The van der Waals surface area contributed by atoms with Crippen molar-refractivity contribution in [3.8, 4) is 0 Å². The highest BCUT2D eigenvalue weighted by Crippen LogP contribution is 2.11. The number of amides is 2. The van der Waals surface area contributed by atoms with Crippen LogP contribution in [0.25, 0.3) is 0 Å². The summed E-state index contributed by atoms with van der Waals surface area (Å²) < 4.78 is 5.18. The van der Waals surface area contributed by atoms with Gasteiger partial charge in [-0.3, -0.25) is 0 Å². The number of halogens is 1. The van der Waals surface area contributed by atoms with E-state index in [1.165, 1.54) is 5.57 Å². The fraction of sp³-hybridized carbons (Fsp3) is 0.667. The average Bonchev–Trinajstić information content (AvgIpc) is 2.25. The molecule has 1 aliphatic heterocycles. The maximum Gasteiger partial charge on any atom is 0.318 e. The van der Waals surface area contributed by atoms with Gasteiger partial charge in [0, 0.05) is 18.6 Å². The second-order valence-electron chi connectivity index (χ2n) is 3.00. The van der Waals surface area contributed by atoms with Crippen molar-refractivity contribution >= 4 is 17.6 Å². The summed E-state index contributed by atoms with van der Waals surface area (Å²) >= 11 is 5.42. The molecule has 1 fully saturated rings. The fourth-order valence-electron chi connectivity index (χ4n) is 1.16. The predicted molar refractivity (Wildman–Crippen MR) is 55.4 cm³/mol. The Labute approximate surface area is 88.6 Å². The molecule has 80 valence electrons. The second kappa shape index (κ2) is 6.68. The number of rotatable bonds is 3. The number of hydrogen-bond donors (Lipinski definition) is 2. The Morgan fingerprint density at radius 3 is 2.86 bits per heavy atom. The fourth-order valence-corrected chi connectivity index (χ4v) is 1.25. The van der Waals surface area contributed by atoms with Gasteiger partial charge in [-0.25, -0.2) is 4.79 Å². The molecular formula is C9H15ClN2O2. The van der Waals surface area contributed by atoms with E-state index < -0.39 is 0 Å². The summed E-state index contributed by atoms with van der Waals surface area (Å²) in [6.07, 6.45) is 3.55. The van der Waals surface area contributed by atoms with E-state index in [9.17, 15) is 4.79 Å². The molecule has 0 aromatic heterocycles. The Balaban J connectivity index is 2.19. The molecule has 1 heterocycles. The van der Waals surface area contributed by atoms with Crippen LogP contribution in [-0.4, -0.2) is 31.7 Å². The van der Waals surface area contributed by atoms with Crippen molar-refractivity contribution in [2.24, 2.45) is 0 Å². The van der Waals surface area contributed by atoms with Gasteiger partial charge >= 0.3 is 6.03 Å². The van der Waals surface area contributed by atoms with Crippen LogP contribution in [-0.2, 0) is 4.74 Å². The van der Waals surface area contributed by atoms with Crippen molar-refractivity contribution in [1.29, 1.82) is 0 Å². The summed E-state index contributed by atoms with van der Waals surface area (Å²) in [6, 6.07) is -0.204. The molecule has 2 N–H and O–H groups in total. The molecule has 4 nitrogen and oxygen atoms in total. The standard InChI is InChI=1S/C9H15ClN2O2/c10-3-4-11-9(13)12-7-8-1-5-14-6-2-8/h7H,1-6H2,(H2,11,12,13). The molecule has 5 heteroatoms. The minimum Gasteiger partial charge on any atom is -0.381 e. The molecule has 0 aromatic rings. The van der Waals surface area contributed by atoms with Crippen molar-refractivity contribution in [2.45, 2.75) is 12.8 Å². The van der Waals surface area contributed by atoms with Crippen LogP contribution in [0.2, 0.25) is 0 Å². The largest absolute Gasteiger partial charge is 0.381 e. The third kappa shape index (κ3) is 4.48. The Bertz CT molecular complexity index is 211. The van der Waals surface area contributed by atoms with Crippen molar-refractivity contribution in [2.75, 3.05) is 25.6 Å². The molecule has 0 aromatic carbocycles. The second-order valence-corrected chi connectivity index (χ2v) is 3.38. The van der Waals surface area contributed by atoms with Crippen LogP contribution in [0.15, 0.2) is 11.8 Å². The smallest absolute Gasteiger partial charge is 0.318 e. The lowest BCUT2D eigenvalue weighted by molar-refractivity contribution is 0.119. The molecular weight excluding hydrogens is 204 g/mol. The van der Waals surface area contributed by atoms with Crippen LogP contribution in [0.1, 0.15) is 12.8 Å². The molecule has 0 bridgehead atoms. The van der Waals surface area contributed by atoms with E-state index >= 15 is 0 Å². The zero-order valence-electron chi connectivity index (χ0n) is 8.01. The van der Waals surface area contributed by atoms with Gasteiger partial charge in [0.1, 0.15) is 0 Å². The summed E-state index contributed by atoms with van der Waals surface area (Å²) in [5, 5.41) is 5.27. The van der Waals surface area contributed by atoms with Gasteiger partial charge in [0.2, 0.25) is 0 Å². The summed E-state index contributed by atoms with van der Waals surface area (Å²) in [5.74, 6) is 0.428. The van der Waals surface area contributed by atoms with Crippen LogP contribution in [0.5, 0.6) is 0 Å². The van der Waals surface area contributed by atoms with E-state index in [0.717, 1.165) is 26.1 Å². The van der Waals surface area contributed by atoms with Crippen molar-refractivity contribution in [3.63, 3.8) is 0 Å². The van der Waals surface area contributed by atoms with Crippen molar-refractivity contribution in [1.82, 2.24) is 10.6 Å². The molecule has 2 amide bonds. The van der Waals surface area contributed by atoms with Crippen LogP contribution < -0.4 is 10.6 Å². The van der Waals surface area contributed by atoms with E-state index in [-0.39, 0.29) is 6.03 Å². The maximum absolute atomic E-state index is 11.1. The average molecular weight is 219 g/mol. The first-order valence-corrected chi connectivity index (χ1v) is 5.22. The molecule has 14 heavy (non-hydrogen) atoms. The lowest BCUT2D eigenvalue weighted by atomic mass is 10.1. The molecule has 0 atom stereocenters. The number of carbonyl (C=O) groups excluding carboxylic acids is 1. The van der Waals surface area contributed by atoms with Gasteiger partial charge < -0.3 is 15.4 Å². The highest BCUT2D eigenvalue weighted by atomic mass is 35.5. The molecule has 1 aliphatic rings. The van der Waals surface area contributed by atoms with Crippen LogP contribution in [0.3, 0.4) is 0 Å². The van der Waals surface area contributed by atoms with Gasteiger partial charge in [-0.1, -0.05) is 0 Å². The summed E-state index contributed by atoms with van der Waals surface area (Å²) in [5.41, 5.74) is 1.22. The molecule has 0 aliphatic carbocycles. The quantitative estimate of drug-likeness (QED) is 0.700.